The Bertz CT molecular complexity index is 1470. The zero-order chi connectivity index (χ0) is 27.4. The number of allylic oxidation sites excluding steroid dienone is 1. The third-order valence-electron chi connectivity index (χ3n) is 5.78. The number of nitriles is 1. The van der Waals surface area contributed by atoms with E-state index in [1.807, 2.05) is 0 Å². The Morgan fingerprint density at radius 1 is 0.895 bits per heavy atom. The smallest absolute Gasteiger partial charge is 0.355 e. The van der Waals surface area contributed by atoms with Crippen molar-refractivity contribution < 1.29 is 23.8 Å². The summed E-state index contributed by atoms with van der Waals surface area (Å²) in [5, 5.41) is 10.9. The average Bonchev–Trinajstić information content (AvgIpc) is 2.92. The maximum absolute atomic E-state index is 13.1. The van der Waals surface area contributed by atoms with Gasteiger partial charge >= 0.3 is 11.9 Å². The van der Waals surface area contributed by atoms with Crippen LogP contribution in [0, 0.1) is 11.3 Å². The topological polar surface area (TPSA) is 115 Å². The van der Waals surface area contributed by atoms with Gasteiger partial charge < -0.3 is 19.9 Å². The lowest BCUT2D eigenvalue weighted by molar-refractivity contribution is -0.139. The highest BCUT2D eigenvalue weighted by atomic mass is 35.5. The molecule has 1 atom stereocenters. The number of methoxy groups -OCH3 is 2. The van der Waals surface area contributed by atoms with E-state index in [-0.39, 0.29) is 22.7 Å². The zero-order valence-corrected chi connectivity index (χ0v) is 21.8. The zero-order valence-electron chi connectivity index (χ0n) is 20.3. The summed E-state index contributed by atoms with van der Waals surface area (Å²) in [6.07, 6.45) is 0. The van der Waals surface area contributed by atoms with Gasteiger partial charge in [-0.25, -0.2) is 9.59 Å². The van der Waals surface area contributed by atoms with E-state index in [1.54, 1.807) is 72.8 Å². The fourth-order valence-corrected chi connectivity index (χ4v) is 4.67. The maximum Gasteiger partial charge on any atom is 0.355 e. The van der Waals surface area contributed by atoms with Crippen LogP contribution in [0.1, 0.15) is 11.5 Å². The number of rotatable bonds is 6. The normalized spacial score (nSPS) is 15.1. The summed E-state index contributed by atoms with van der Waals surface area (Å²) in [5.74, 6) is -1.76. The molecule has 0 saturated carbocycles. The molecule has 10 heteroatoms. The Morgan fingerprint density at radius 2 is 1.50 bits per heavy atom. The van der Waals surface area contributed by atoms with Gasteiger partial charge in [0.15, 0.2) is 0 Å². The van der Waals surface area contributed by atoms with Gasteiger partial charge in [0, 0.05) is 15.7 Å². The number of halogens is 2. The molecule has 0 radical (unpaired) electrons. The molecular formula is C28H21Cl2N3O5. The van der Waals surface area contributed by atoms with E-state index in [0.717, 1.165) is 0 Å². The number of benzene rings is 3. The van der Waals surface area contributed by atoms with E-state index in [4.69, 9.17) is 43.1 Å². The number of carbonyl (C=O) groups is 2. The fourth-order valence-electron chi connectivity index (χ4n) is 4.17. The van der Waals surface area contributed by atoms with Crippen LogP contribution in [-0.4, -0.2) is 26.2 Å². The van der Waals surface area contributed by atoms with Crippen LogP contribution in [-0.2, 0) is 19.1 Å². The Labute approximate surface area is 229 Å². The molecule has 0 fully saturated rings. The summed E-state index contributed by atoms with van der Waals surface area (Å²) < 4.78 is 15.9. The van der Waals surface area contributed by atoms with Crippen molar-refractivity contribution in [3.8, 4) is 17.6 Å². The molecule has 0 spiro atoms. The predicted molar refractivity (Wildman–Crippen MR) is 143 cm³/mol. The quantitative estimate of drug-likeness (QED) is 0.390. The van der Waals surface area contributed by atoms with Gasteiger partial charge in [-0.3, -0.25) is 4.90 Å². The van der Waals surface area contributed by atoms with Crippen molar-refractivity contribution in [1.82, 2.24) is 0 Å². The third-order valence-corrected chi connectivity index (χ3v) is 6.21. The standard InChI is InChI=1S/C28H21Cl2N3O5/c1-36-27(34)24-23(16-6-4-3-5-7-16)22(15-31)26(32)33(25(24)28(35)37-2)19-8-10-20(11-9-19)38-21-13-17(29)12-18(30)14-21/h3-14,23H,32H2,1-2H3. The first-order valence-corrected chi connectivity index (χ1v) is 11.9. The molecule has 0 amide bonds. The number of carbonyl (C=O) groups excluding carboxylic acids is 2. The van der Waals surface area contributed by atoms with E-state index < -0.39 is 17.9 Å². The van der Waals surface area contributed by atoms with Crippen molar-refractivity contribution in [3.63, 3.8) is 0 Å². The molecule has 2 N–H and O–H groups in total. The number of ether oxygens (including phenoxy) is 3. The van der Waals surface area contributed by atoms with Gasteiger partial charge in [-0.2, -0.15) is 5.26 Å². The van der Waals surface area contributed by atoms with E-state index in [2.05, 4.69) is 6.07 Å². The number of hydrogen-bond donors (Lipinski definition) is 1. The van der Waals surface area contributed by atoms with Crippen LogP contribution in [0.15, 0.2) is 95.5 Å². The molecule has 1 aliphatic heterocycles. The lowest BCUT2D eigenvalue weighted by Crippen LogP contribution is -2.40. The molecule has 0 bridgehead atoms. The summed E-state index contributed by atoms with van der Waals surface area (Å²) in [5.41, 5.74) is 7.28. The van der Waals surface area contributed by atoms with Crippen LogP contribution >= 0.6 is 23.2 Å². The van der Waals surface area contributed by atoms with Gasteiger partial charge in [0.05, 0.1) is 37.4 Å². The Hall–Kier alpha value is -4.45. The largest absolute Gasteiger partial charge is 0.466 e. The molecule has 1 aliphatic rings. The van der Waals surface area contributed by atoms with Crippen LogP contribution in [0.4, 0.5) is 5.69 Å². The van der Waals surface area contributed by atoms with Gasteiger partial charge in [0.25, 0.3) is 0 Å². The second-order valence-electron chi connectivity index (χ2n) is 8.04. The van der Waals surface area contributed by atoms with Crippen LogP contribution in [0.3, 0.4) is 0 Å². The van der Waals surface area contributed by atoms with Crippen LogP contribution < -0.4 is 15.4 Å². The SMILES string of the molecule is COC(=O)C1=C(C(=O)OC)N(c2ccc(Oc3cc(Cl)cc(Cl)c3)cc2)C(N)=C(C#N)C1c1ccccc1. The van der Waals surface area contributed by atoms with Crippen molar-refractivity contribution >= 4 is 40.8 Å². The Balaban J connectivity index is 1.86. The number of esters is 2. The highest BCUT2D eigenvalue weighted by Gasteiger charge is 2.42. The Morgan fingerprint density at radius 3 is 2.05 bits per heavy atom. The summed E-state index contributed by atoms with van der Waals surface area (Å²) >= 11 is 12.1. The first kappa shape index (κ1) is 26.6. The van der Waals surface area contributed by atoms with Crippen LogP contribution in [0.5, 0.6) is 11.5 Å². The molecular weight excluding hydrogens is 529 g/mol. The molecule has 38 heavy (non-hydrogen) atoms. The van der Waals surface area contributed by atoms with Crippen LogP contribution in [0.25, 0.3) is 0 Å². The summed E-state index contributed by atoms with van der Waals surface area (Å²) in [6.45, 7) is 0. The van der Waals surface area contributed by atoms with E-state index in [9.17, 15) is 14.9 Å². The molecule has 1 unspecified atom stereocenters. The minimum atomic E-state index is -0.950. The number of nitrogens with two attached hydrogens (primary N) is 1. The van der Waals surface area contributed by atoms with E-state index in [1.165, 1.54) is 19.1 Å². The second-order valence-corrected chi connectivity index (χ2v) is 8.91. The number of anilines is 1. The first-order valence-electron chi connectivity index (χ1n) is 11.2. The van der Waals surface area contributed by atoms with Gasteiger partial charge in [-0.05, 0) is 48.0 Å². The lowest BCUT2D eigenvalue weighted by atomic mass is 9.81. The summed E-state index contributed by atoms with van der Waals surface area (Å²) in [7, 11) is 2.38. The van der Waals surface area contributed by atoms with Crippen molar-refractivity contribution in [2.24, 2.45) is 5.73 Å². The highest BCUT2D eigenvalue weighted by molar-refractivity contribution is 6.34. The molecule has 4 rings (SSSR count). The molecule has 3 aromatic rings. The van der Waals surface area contributed by atoms with Gasteiger partial charge in [-0.1, -0.05) is 53.5 Å². The summed E-state index contributed by atoms with van der Waals surface area (Å²) in [4.78, 5) is 27.5. The minimum absolute atomic E-state index is 0.0373. The van der Waals surface area contributed by atoms with Crippen molar-refractivity contribution in [1.29, 1.82) is 5.26 Å². The predicted octanol–water partition coefficient (Wildman–Crippen LogP) is 5.68. The van der Waals surface area contributed by atoms with E-state index >= 15 is 0 Å². The molecule has 1 heterocycles. The number of hydrogen-bond acceptors (Lipinski definition) is 8. The average molecular weight is 550 g/mol. The first-order chi connectivity index (χ1) is 18.3. The third kappa shape index (κ3) is 5.16. The number of nitrogens with zero attached hydrogens (tertiary/aromatic N) is 2. The summed E-state index contributed by atoms with van der Waals surface area (Å²) in [6, 6.07) is 22.2. The monoisotopic (exact) mass is 549 g/mol. The van der Waals surface area contributed by atoms with Crippen molar-refractivity contribution in [3.05, 3.63) is 111 Å². The van der Waals surface area contributed by atoms with E-state index in [0.29, 0.717) is 32.8 Å². The van der Waals surface area contributed by atoms with Gasteiger partial charge in [0.2, 0.25) is 0 Å². The van der Waals surface area contributed by atoms with Gasteiger partial charge in [0.1, 0.15) is 23.0 Å². The molecule has 192 valence electrons. The van der Waals surface area contributed by atoms with Gasteiger partial charge in [-0.15, -0.1) is 0 Å². The highest BCUT2D eigenvalue weighted by Crippen LogP contribution is 2.43. The molecule has 3 aromatic carbocycles. The second kappa shape index (κ2) is 11.3. The molecule has 0 saturated heterocycles. The fraction of sp³-hybridized carbons (Fsp3) is 0.107. The minimum Gasteiger partial charge on any atom is -0.466 e. The molecule has 0 aliphatic carbocycles. The van der Waals surface area contributed by atoms with Crippen LogP contribution in [0.2, 0.25) is 10.0 Å². The molecule has 0 aromatic heterocycles. The lowest BCUT2D eigenvalue weighted by Gasteiger charge is -2.35. The van der Waals surface area contributed by atoms with Crippen molar-refractivity contribution in [2.45, 2.75) is 5.92 Å². The Kier molecular flexibility index (Phi) is 7.91. The van der Waals surface area contributed by atoms with Crippen molar-refractivity contribution in [2.75, 3.05) is 19.1 Å². The maximum atomic E-state index is 13.1. The molecule has 8 nitrogen and oxygen atoms in total.